The van der Waals surface area contributed by atoms with Gasteiger partial charge in [0.2, 0.25) is 4.47 Å². The maximum Gasteiger partial charge on any atom is 0.207 e. The molecule has 84 valence electrons. The molecule has 15 heavy (non-hydrogen) atoms. The number of morpholine rings is 1. The Morgan fingerprint density at radius 3 is 3.00 bits per heavy atom. The van der Waals surface area contributed by atoms with Crippen LogP contribution in [0.4, 0.5) is 0 Å². The van der Waals surface area contributed by atoms with Crippen LogP contribution in [-0.2, 0) is 11.3 Å². The normalized spacial score (nSPS) is 28.2. The van der Waals surface area contributed by atoms with Gasteiger partial charge < -0.3 is 4.74 Å². The molecule has 1 aliphatic heterocycles. The molecule has 0 N–H and O–H groups in total. The van der Waals surface area contributed by atoms with Crippen molar-refractivity contribution in [2.24, 2.45) is 0 Å². The van der Waals surface area contributed by atoms with Gasteiger partial charge in [-0.25, -0.2) is 0 Å². The molecule has 2 unspecified atom stereocenters. The molecular formula is C9H14ClN3OS. The predicted molar refractivity (Wildman–Crippen MR) is 60.2 cm³/mol. The molecule has 6 heteroatoms. The van der Waals surface area contributed by atoms with Crippen molar-refractivity contribution in [3.8, 4) is 0 Å². The number of halogens is 1. The third-order valence-corrected chi connectivity index (χ3v) is 3.52. The van der Waals surface area contributed by atoms with Crippen molar-refractivity contribution < 1.29 is 4.74 Å². The van der Waals surface area contributed by atoms with Gasteiger partial charge in [-0.05, 0) is 25.4 Å². The van der Waals surface area contributed by atoms with Crippen LogP contribution in [-0.4, -0.2) is 40.4 Å². The van der Waals surface area contributed by atoms with Crippen LogP contribution in [0.15, 0.2) is 0 Å². The Labute approximate surface area is 98.2 Å². The van der Waals surface area contributed by atoms with Gasteiger partial charge in [-0.3, -0.25) is 4.90 Å². The van der Waals surface area contributed by atoms with Gasteiger partial charge in [0.05, 0.1) is 19.3 Å². The lowest BCUT2D eigenvalue weighted by Crippen LogP contribution is -2.46. The van der Waals surface area contributed by atoms with Crippen molar-refractivity contribution in [1.29, 1.82) is 0 Å². The number of rotatable bonds is 2. The molecule has 0 aromatic carbocycles. The maximum absolute atomic E-state index is 5.74. The topological polar surface area (TPSA) is 38.2 Å². The minimum Gasteiger partial charge on any atom is -0.376 e. The first kappa shape index (κ1) is 11.3. The number of hydrogen-bond donors (Lipinski definition) is 0. The van der Waals surface area contributed by atoms with Crippen LogP contribution >= 0.6 is 22.9 Å². The van der Waals surface area contributed by atoms with Crippen LogP contribution in [0, 0.1) is 0 Å². The highest BCUT2D eigenvalue weighted by Gasteiger charge is 2.24. The molecule has 2 rings (SSSR count). The van der Waals surface area contributed by atoms with Crippen molar-refractivity contribution in [1.82, 2.24) is 15.1 Å². The Bertz CT molecular complexity index is 333. The Morgan fingerprint density at radius 1 is 1.53 bits per heavy atom. The first-order valence-electron chi connectivity index (χ1n) is 4.98. The fraction of sp³-hybridized carbons (Fsp3) is 0.778. The minimum absolute atomic E-state index is 0.296. The van der Waals surface area contributed by atoms with Gasteiger partial charge in [-0.15, -0.1) is 10.2 Å². The monoisotopic (exact) mass is 247 g/mol. The lowest BCUT2D eigenvalue weighted by Gasteiger charge is -2.36. The van der Waals surface area contributed by atoms with E-state index in [0.29, 0.717) is 16.6 Å². The Morgan fingerprint density at radius 2 is 2.33 bits per heavy atom. The maximum atomic E-state index is 5.74. The molecule has 1 aliphatic rings. The second-order valence-corrected chi connectivity index (χ2v) is 5.52. The van der Waals surface area contributed by atoms with Crippen molar-refractivity contribution in [2.45, 2.75) is 32.5 Å². The first-order chi connectivity index (χ1) is 7.15. The molecule has 0 bridgehead atoms. The molecule has 2 atom stereocenters. The van der Waals surface area contributed by atoms with E-state index in [-0.39, 0.29) is 0 Å². The quantitative estimate of drug-likeness (QED) is 0.799. The van der Waals surface area contributed by atoms with Gasteiger partial charge in [0.1, 0.15) is 5.01 Å². The molecule has 0 amide bonds. The zero-order valence-corrected chi connectivity index (χ0v) is 10.4. The molecule has 0 saturated carbocycles. The third-order valence-electron chi connectivity index (χ3n) is 2.52. The SMILES string of the molecule is CC1CN(Cc2nnc(Cl)s2)C(C)CO1. The molecule has 1 fully saturated rings. The molecule has 1 saturated heterocycles. The van der Waals surface area contributed by atoms with Gasteiger partial charge >= 0.3 is 0 Å². The fourth-order valence-corrected chi connectivity index (χ4v) is 2.56. The summed E-state index contributed by atoms with van der Waals surface area (Å²) >= 11 is 7.19. The average Bonchev–Trinajstić information content (AvgIpc) is 2.58. The molecular weight excluding hydrogens is 234 g/mol. The molecule has 1 aromatic heterocycles. The van der Waals surface area contributed by atoms with Crippen molar-refractivity contribution in [2.75, 3.05) is 13.2 Å². The summed E-state index contributed by atoms with van der Waals surface area (Å²) in [5.41, 5.74) is 0. The van der Waals surface area contributed by atoms with Gasteiger partial charge in [-0.2, -0.15) is 0 Å². The van der Waals surface area contributed by atoms with E-state index in [1.165, 1.54) is 11.3 Å². The second-order valence-electron chi connectivity index (χ2n) is 3.87. The van der Waals surface area contributed by atoms with E-state index in [4.69, 9.17) is 16.3 Å². The van der Waals surface area contributed by atoms with E-state index >= 15 is 0 Å². The second kappa shape index (κ2) is 4.74. The molecule has 0 radical (unpaired) electrons. The number of aromatic nitrogens is 2. The molecule has 1 aromatic rings. The molecule has 4 nitrogen and oxygen atoms in total. The summed E-state index contributed by atoms with van der Waals surface area (Å²) in [5, 5.41) is 8.80. The zero-order chi connectivity index (χ0) is 10.8. The largest absolute Gasteiger partial charge is 0.376 e. The van der Waals surface area contributed by atoms with E-state index in [1.54, 1.807) is 0 Å². The van der Waals surface area contributed by atoms with Gasteiger partial charge in [0.25, 0.3) is 0 Å². The average molecular weight is 248 g/mol. The Balaban J connectivity index is 1.98. The third kappa shape index (κ3) is 2.87. The highest BCUT2D eigenvalue weighted by Crippen LogP contribution is 2.19. The van der Waals surface area contributed by atoms with Crippen LogP contribution in [0.1, 0.15) is 18.9 Å². The smallest absolute Gasteiger partial charge is 0.207 e. The van der Waals surface area contributed by atoms with Crippen molar-refractivity contribution in [3.05, 3.63) is 9.47 Å². The van der Waals surface area contributed by atoms with Crippen LogP contribution in [0.25, 0.3) is 0 Å². The van der Waals surface area contributed by atoms with Crippen molar-refractivity contribution in [3.63, 3.8) is 0 Å². The van der Waals surface area contributed by atoms with Gasteiger partial charge in [-0.1, -0.05) is 11.3 Å². The van der Waals surface area contributed by atoms with Gasteiger partial charge in [0.15, 0.2) is 0 Å². The number of ether oxygens (including phenoxy) is 1. The van der Waals surface area contributed by atoms with Crippen LogP contribution in [0.5, 0.6) is 0 Å². The lowest BCUT2D eigenvalue weighted by molar-refractivity contribution is -0.0527. The van der Waals surface area contributed by atoms with Crippen molar-refractivity contribution >= 4 is 22.9 Å². The van der Waals surface area contributed by atoms with Gasteiger partial charge in [0, 0.05) is 12.6 Å². The summed E-state index contributed by atoms with van der Waals surface area (Å²) in [6.07, 6.45) is 0.296. The van der Waals surface area contributed by atoms with Crippen LogP contribution < -0.4 is 0 Å². The van der Waals surface area contributed by atoms with E-state index in [2.05, 4.69) is 28.9 Å². The molecule has 2 heterocycles. The summed E-state index contributed by atoms with van der Waals surface area (Å²) in [6.45, 7) is 6.80. The summed E-state index contributed by atoms with van der Waals surface area (Å²) in [6, 6.07) is 0.434. The Kier molecular flexibility index (Phi) is 3.56. The summed E-state index contributed by atoms with van der Waals surface area (Å²) in [7, 11) is 0. The summed E-state index contributed by atoms with van der Waals surface area (Å²) < 4.78 is 6.08. The standard InChI is InChI=1S/C9H14ClN3OS/c1-6-5-14-7(2)3-13(6)4-8-11-12-9(10)15-8/h6-7H,3-5H2,1-2H3. The highest BCUT2D eigenvalue weighted by molar-refractivity contribution is 7.15. The fourth-order valence-electron chi connectivity index (χ4n) is 1.66. The number of nitrogens with zero attached hydrogens (tertiary/aromatic N) is 3. The van der Waals surface area contributed by atoms with E-state index in [9.17, 15) is 0 Å². The molecule has 0 aliphatic carbocycles. The highest BCUT2D eigenvalue weighted by atomic mass is 35.5. The predicted octanol–water partition coefficient (Wildman–Crippen LogP) is 1.80. The minimum atomic E-state index is 0.296. The van der Waals surface area contributed by atoms with E-state index in [1.807, 2.05) is 0 Å². The molecule has 0 spiro atoms. The van der Waals surface area contributed by atoms with Crippen LogP contribution in [0.3, 0.4) is 0 Å². The lowest BCUT2D eigenvalue weighted by atomic mass is 10.2. The summed E-state index contributed by atoms with van der Waals surface area (Å²) in [4.78, 5) is 2.35. The van der Waals surface area contributed by atoms with E-state index in [0.717, 1.165) is 24.7 Å². The Hall–Kier alpha value is -0.230. The zero-order valence-electron chi connectivity index (χ0n) is 8.81. The van der Waals surface area contributed by atoms with Crippen LogP contribution in [0.2, 0.25) is 4.47 Å². The number of hydrogen-bond acceptors (Lipinski definition) is 5. The first-order valence-corrected chi connectivity index (χ1v) is 6.18. The summed E-state index contributed by atoms with van der Waals surface area (Å²) in [5.74, 6) is 0. The van der Waals surface area contributed by atoms with E-state index < -0.39 is 0 Å².